The Labute approximate surface area is 110 Å². The van der Waals surface area contributed by atoms with Crippen LogP contribution in [0.3, 0.4) is 0 Å². The second kappa shape index (κ2) is 5.95. The maximum absolute atomic E-state index is 11.1. The second-order valence-corrected chi connectivity index (χ2v) is 5.26. The minimum Gasteiger partial charge on any atom is -0.476 e. The molecule has 1 amide bonds. The number of thioether (sulfide) groups is 1. The number of anilines is 1. The van der Waals surface area contributed by atoms with Crippen LogP contribution in [-0.4, -0.2) is 30.3 Å². The van der Waals surface area contributed by atoms with Crippen LogP contribution in [-0.2, 0) is 4.79 Å². The lowest BCUT2D eigenvalue weighted by Crippen LogP contribution is -2.19. The normalized spacial score (nSPS) is 14.3. The first-order chi connectivity index (χ1) is 8.69. The molecule has 2 rings (SSSR count). The fraction of sp³-hybridized carbons (Fsp3) is 0.500. The van der Waals surface area contributed by atoms with Gasteiger partial charge in [-0.25, -0.2) is 4.98 Å². The molecule has 1 saturated carbocycles. The van der Waals surface area contributed by atoms with E-state index in [1.54, 1.807) is 19.2 Å². The molecule has 1 heterocycles. The summed E-state index contributed by atoms with van der Waals surface area (Å²) < 4.78 is 5.58. The summed E-state index contributed by atoms with van der Waals surface area (Å²) in [5.74, 6) is 1.45. The fourth-order valence-corrected chi connectivity index (χ4v) is 2.06. The van der Waals surface area contributed by atoms with Crippen molar-refractivity contribution in [1.29, 1.82) is 0 Å². The van der Waals surface area contributed by atoms with Crippen molar-refractivity contribution >= 4 is 23.4 Å². The molecule has 1 fully saturated rings. The third kappa shape index (κ3) is 3.80. The van der Waals surface area contributed by atoms with E-state index >= 15 is 0 Å². The molecule has 1 aliphatic rings. The van der Waals surface area contributed by atoms with Gasteiger partial charge < -0.3 is 15.8 Å². The highest BCUT2D eigenvalue weighted by atomic mass is 32.2. The number of nitrogens with one attached hydrogen (secondary N) is 1. The minimum atomic E-state index is -0.0286. The third-order valence-corrected chi connectivity index (χ3v) is 3.58. The molecule has 6 heteroatoms. The van der Waals surface area contributed by atoms with Crippen LogP contribution < -0.4 is 15.8 Å². The summed E-state index contributed by atoms with van der Waals surface area (Å²) in [7, 11) is 1.61. The van der Waals surface area contributed by atoms with Gasteiger partial charge in [0, 0.05) is 7.05 Å². The molecule has 0 unspecified atom stereocenters. The van der Waals surface area contributed by atoms with Gasteiger partial charge in [0.2, 0.25) is 11.8 Å². The Balaban J connectivity index is 1.93. The van der Waals surface area contributed by atoms with E-state index in [2.05, 4.69) is 10.3 Å². The van der Waals surface area contributed by atoms with Crippen LogP contribution in [0.2, 0.25) is 0 Å². The van der Waals surface area contributed by atoms with Crippen molar-refractivity contribution in [2.45, 2.75) is 17.9 Å². The van der Waals surface area contributed by atoms with Crippen molar-refractivity contribution in [1.82, 2.24) is 10.3 Å². The average molecular weight is 267 g/mol. The number of aromatic nitrogens is 1. The number of ether oxygens (including phenoxy) is 1. The third-order valence-electron chi connectivity index (χ3n) is 2.65. The van der Waals surface area contributed by atoms with Crippen molar-refractivity contribution in [3.63, 3.8) is 0 Å². The van der Waals surface area contributed by atoms with E-state index in [9.17, 15) is 4.79 Å². The Bertz CT molecular complexity index is 435. The Morgan fingerprint density at radius 2 is 2.39 bits per heavy atom. The molecule has 98 valence electrons. The number of hydrogen-bond acceptors (Lipinski definition) is 5. The molecule has 0 aromatic carbocycles. The largest absolute Gasteiger partial charge is 0.476 e. The number of amides is 1. The minimum absolute atomic E-state index is 0.0286. The van der Waals surface area contributed by atoms with E-state index in [0.29, 0.717) is 29.8 Å². The molecule has 18 heavy (non-hydrogen) atoms. The lowest BCUT2D eigenvalue weighted by molar-refractivity contribution is -0.118. The number of carbonyl (C=O) groups excluding carboxylic acids is 1. The smallest absolute Gasteiger partial charge is 0.238 e. The first-order valence-electron chi connectivity index (χ1n) is 5.91. The standard InChI is InChI=1S/C12H17N3O2S/c1-14-10(16)7-18-11-5-4-9(13)12(15-11)17-6-8-2-3-8/h4-5,8H,2-3,6-7,13H2,1H3,(H,14,16). The van der Waals surface area contributed by atoms with E-state index in [-0.39, 0.29) is 5.91 Å². The van der Waals surface area contributed by atoms with Crippen LogP contribution >= 0.6 is 11.8 Å². The zero-order chi connectivity index (χ0) is 13.0. The van der Waals surface area contributed by atoms with Gasteiger partial charge in [0.25, 0.3) is 0 Å². The number of carbonyl (C=O) groups is 1. The number of nitrogen functional groups attached to an aromatic ring is 1. The molecule has 0 saturated heterocycles. The van der Waals surface area contributed by atoms with Crippen LogP contribution in [0, 0.1) is 5.92 Å². The van der Waals surface area contributed by atoms with Gasteiger partial charge in [-0.3, -0.25) is 4.79 Å². The number of rotatable bonds is 6. The fourth-order valence-electron chi connectivity index (χ4n) is 1.32. The topological polar surface area (TPSA) is 77.2 Å². The van der Waals surface area contributed by atoms with Crippen LogP contribution in [0.15, 0.2) is 17.2 Å². The van der Waals surface area contributed by atoms with Crippen LogP contribution in [0.5, 0.6) is 5.88 Å². The Hall–Kier alpha value is -1.43. The lowest BCUT2D eigenvalue weighted by Gasteiger charge is -2.08. The molecule has 1 aliphatic carbocycles. The molecule has 3 N–H and O–H groups in total. The highest BCUT2D eigenvalue weighted by molar-refractivity contribution is 7.99. The average Bonchev–Trinajstić information content (AvgIpc) is 3.19. The van der Waals surface area contributed by atoms with Gasteiger partial charge in [0.15, 0.2) is 0 Å². The van der Waals surface area contributed by atoms with Crippen molar-refractivity contribution in [3.8, 4) is 5.88 Å². The highest BCUT2D eigenvalue weighted by Crippen LogP contribution is 2.31. The van der Waals surface area contributed by atoms with E-state index in [0.717, 1.165) is 5.03 Å². The van der Waals surface area contributed by atoms with Gasteiger partial charge in [-0.05, 0) is 30.9 Å². The summed E-state index contributed by atoms with van der Waals surface area (Å²) in [6, 6.07) is 3.56. The molecule has 1 aromatic rings. The molecule has 0 spiro atoms. The number of hydrogen-bond donors (Lipinski definition) is 2. The van der Waals surface area contributed by atoms with Crippen molar-refractivity contribution in [2.24, 2.45) is 5.92 Å². The predicted octanol–water partition coefficient (Wildman–Crippen LogP) is 1.29. The summed E-state index contributed by atoms with van der Waals surface area (Å²) >= 11 is 1.37. The zero-order valence-corrected chi connectivity index (χ0v) is 11.1. The highest BCUT2D eigenvalue weighted by Gasteiger charge is 2.22. The summed E-state index contributed by atoms with van der Waals surface area (Å²) in [6.07, 6.45) is 2.45. The SMILES string of the molecule is CNC(=O)CSc1ccc(N)c(OCC2CC2)n1. The molecule has 5 nitrogen and oxygen atoms in total. The number of pyridine rings is 1. The monoisotopic (exact) mass is 267 g/mol. The Kier molecular flexibility index (Phi) is 4.30. The zero-order valence-electron chi connectivity index (χ0n) is 10.3. The number of nitrogens with two attached hydrogens (primary N) is 1. The van der Waals surface area contributed by atoms with E-state index in [4.69, 9.17) is 10.5 Å². The molecule has 0 radical (unpaired) electrons. The maximum atomic E-state index is 11.1. The van der Waals surface area contributed by atoms with Crippen LogP contribution in [0.25, 0.3) is 0 Å². The van der Waals surface area contributed by atoms with E-state index < -0.39 is 0 Å². The predicted molar refractivity (Wildman–Crippen MR) is 71.7 cm³/mol. The van der Waals surface area contributed by atoms with Crippen molar-refractivity contribution in [3.05, 3.63) is 12.1 Å². The summed E-state index contributed by atoms with van der Waals surface area (Å²) in [4.78, 5) is 15.5. The molecule has 1 aromatic heterocycles. The summed E-state index contributed by atoms with van der Waals surface area (Å²) in [5, 5.41) is 3.31. The van der Waals surface area contributed by atoms with E-state index in [1.807, 2.05) is 0 Å². The van der Waals surface area contributed by atoms with Gasteiger partial charge in [0.05, 0.1) is 18.0 Å². The van der Waals surface area contributed by atoms with Gasteiger partial charge in [0.1, 0.15) is 5.03 Å². The first-order valence-corrected chi connectivity index (χ1v) is 6.90. The lowest BCUT2D eigenvalue weighted by atomic mass is 10.4. The van der Waals surface area contributed by atoms with Gasteiger partial charge in [-0.1, -0.05) is 11.8 Å². The maximum Gasteiger partial charge on any atom is 0.238 e. The summed E-state index contributed by atoms with van der Waals surface area (Å²) in [6.45, 7) is 0.681. The molecule has 0 bridgehead atoms. The first kappa shape index (κ1) is 13.0. The summed E-state index contributed by atoms with van der Waals surface area (Å²) in [5.41, 5.74) is 6.34. The quantitative estimate of drug-likeness (QED) is 0.759. The van der Waals surface area contributed by atoms with Gasteiger partial charge in [-0.2, -0.15) is 0 Å². The number of nitrogens with zero attached hydrogens (tertiary/aromatic N) is 1. The van der Waals surface area contributed by atoms with Gasteiger partial charge >= 0.3 is 0 Å². The Morgan fingerprint density at radius 1 is 1.61 bits per heavy atom. The van der Waals surface area contributed by atoms with Crippen molar-refractivity contribution < 1.29 is 9.53 Å². The second-order valence-electron chi connectivity index (χ2n) is 4.26. The molecule has 0 aliphatic heterocycles. The molecule has 0 atom stereocenters. The molecular weight excluding hydrogens is 250 g/mol. The van der Waals surface area contributed by atoms with Crippen LogP contribution in [0.4, 0.5) is 5.69 Å². The van der Waals surface area contributed by atoms with Gasteiger partial charge in [-0.15, -0.1) is 0 Å². The Morgan fingerprint density at radius 3 is 3.06 bits per heavy atom. The van der Waals surface area contributed by atoms with Crippen molar-refractivity contribution in [2.75, 3.05) is 25.1 Å². The van der Waals surface area contributed by atoms with E-state index in [1.165, 1.54) is 24.6 Å². The van der Waals surface area contributed by atoms with Crippen LogP contribution in [0.1, 0.15) is 12.8 Å². The molecular formula is C12H17N3O2S.